The largest absolute Gasteiger partial charge is 0.339 e. The van der Waals surface area contributed by atoms with Crippen LogP contribution in [0, 0.1) is 0 Å². The molecule has 20 heavy (non-hydrogen) atoms. The number of hydrogen-bond donors (Lipinski definition) is 0. The van der Waals surface area contributed by atoms with E-state index in [2.05, 4.69) is 54.3 Å². The fourth-order valence-corrected chi connectivity index (χ4v) is 3.16. The molecule has 0 spiro atoms. The minimum Gasteiger partial charge on any atom is -0.339 e. The van der Waals surface area contributed by atoms with Crippen LogP contribution in [-0.4, -0.2) is 10.1 Å². The molecule has 2 atom stereocenters. The topological polar surface area (TPSA) is 38.9 Å². The van der Waals surface area contributed by atoms with Crippen molar-refractivity contribution < 1.29 is 4.52 Å². The molecule has 1 aromatic carbocycles. The molecule has 0 N–H and O–H groups in total. The van der Waals surface area contributed by atoms with Gasteiger partial charge >= 0.3 is 0 Å². The van der Waals surface area contributed by atoms with E-state index in [1.54, 1.807) is 0 Å². The summed E-state index contributed by atoms with van der Waals surface area (Å²) < 4.78 is 5.56. The molecular formula is C17H22N2O. The van der Waals surface area contributed by atoms with Gasteiger partial charge < -0.3 is 4.52 Å². The fourth-order valence-electron chi connectivity index (χ4n) is 3.16. The molecular weight excluding hydrogens is 248 g/mol. The first-order valence-corrected chi connectivity index (χ1v) is 7.64. The molecule has 1 aliphatic carbocycles. The molecule has 1 heterocycles. The Hall–Kier alpha value is -1.64. The molecule has 1 aliphatic rings. The molecule has 3 nitrogen and oxygen atoms in total. The van der Waals surface area contributed by atoms with Gasteiger partial charge in [0.05, 0.1) is 0 Å². The van der Waals surface area contributed by atoms with Crippen LogP contribution in [0.4, 0.5) is 0 Å². The van der Waals surface area contributed by atoms with Crippen molar-refractivity contribution in [1.29, 1.82) is 0 Å². The lowest BCUT2D eigenvalue weighted by molar-refractivity contribution is 0.288. The lowest BCUT2D eigenvalue weighted by Gasteiger charge is -2.29. The smallest absolute Gasteiger partial charge is 0.230 e. The van der Waals surface area contributed by atoms with Gasteiger partial charge in [0.1, 0.15) is 0 Å². The summed E-state index contributed by atoms with van der Waals surface area (Å²) in [6.45, 7) is 4.20. The van der Waals surface area contributed by atoms with E-state index in [1.165, 1.54) is 24.8 Å². The van der Waals surface area contributed by atoms with E-state index >= 15 is 0 Å². The summed E-state index contributed by atoms with van der Waals surface area (Å²) in [6, 6.07) is 10.8. The fraction of sp³-hybridized carbons (Fsp3) is 0.529. The molecule has 0 bridgehead atoms. The number of aromatic nitrogens is 2. The second-order valence-electron chi connectivity index (χ2n) is 6.05. The molecule has 0 aliphatic heterocycles. The lowest BCUT2D eigenvalue weighted by atomic mass is 9.75. The molecule has 0 amide bonds. The maximum Gasteiger partial charge on any atom is 0.230 e. The van der Waals surface area contributed by atoms with Crippen LogP contribution in [0.2, 0.25) is 0 Å². The molecule has 0 saturated heterocycles. The predicted octanol–water partition coefficient (Wildman–Crippen LogP) is 4.63. The normalized spacial score (nSPS) is 23.1. The first-order chi connectivity index (χ1) is 9.75. The van der Waals surface area contributed by atoms with Gasteiger partial charge in [-0.15, -0.1) is 0 Å². The van der Waals surface area contributed by atoms with Gasteiger partial charge in [0.2, 0.25) is 5.89 Å². The Kier molecular flexibility index (Phi) is 3.86. The summed E-state index contributed by atoms with van der Waals surface area (Å²) >= 11 is 0. The maximum absolute atomic E-state index is 5.56. The van der Waals surface area contributed by atoms with E-state index in [1.807, 2.05) is 0 Å². The molecule has 1 saturated carbocycles. The van der Waals surface area contributed by atoms with Crippen LogP contribution < -0.4 is 0 Å². The summed E-state index contributed by atoms with van der Waals surface area (Å²) in [4.78, 5) is 4.63. The highest BCUT2D eigenvalue weighted by Crippen LogP contribution is 2.43. The zero-order chi connectivity index (χ0) is 13.9. The third-order valence-corrected chi connectivity index (χ3v) is 4.28. The average molecular weight is 270 g/mol. The van der Waals surface area contributed by atoms with Gasteiger partial charge in [-0.25, -0.2) is 0 Å². The molecule has 1 fully saturated rings. The second-order valence-corrected chi connectivity index (χ2v) is 6.05. The van der Waals surface area contributed by atoms with E-state index in [4.69, 9.17) is 4.52 Å². The molecule has 0 radical (unpaired) electrons. The van der Waals surface area contributed by atoms with Gasteiger partial charge in [0.25, 0.3) is 0 Å². The number of benzene rings is 1. The average Bonchev–Trinajstić information content (AvgIpc) is 2.98. The van der Waals surface area contributed by atoms with Crippen molar-refractivity contribution in [2.45, 2.75) is 57.3 Å². The third kappa shape index (κ3) is 2.62. The van der Waals surface area contributed by atoms with E-state index in [0.29, 0.717) is 17.8 Å². The number of nitrogens with zero attached hydrogens (tertiary/aromatic N) is 2. The highest BCUT2D eigenvalue weighted by atomic mass is 16.5. The van der Waals surface area contributed by atoms with Crippen LogP contribution in [0.25, 0.3) is 0 Å². The van der Waals surface area contributed by atoms with Crippen molar-refractivity contribution in [1.82, 2.24) is 10.1 Å². The zero-order valence-corrected chi connectivity index (χ0v) is 12.2. The second kappa shape index (κ2) is 5.78. The van der Waals surface area contributed by atoms with Crippen LogP contribution >= 0.6 is 0 Å². The van der Waals surface area contributed by atoms with Crippen LogP contribution in [-0.2, 0) is 0 Å². The summed E-state index contributed by atoms with van der Waals surface area (Å²) in [7, 11) is 0. The van der Waals surface area contributed by atoms with Gasteiger partial charge in [0.15, 0.2) is 5.82 Å². The molecule has 3 rings (SSSR count). The van der Waals surface area contributed by atoms with Gasteiger partial charge in [-0.3, -0.25) is 0 Å². The van der Waals surface area contributed by atoms with E-state index in [9.17, 15) is 0 Å². The van der Waals surface area contributed by atoms with Crippen molar-refractivity contribution in [3.8, 4) is 0 Å². The quantitative estimate of drug-likeness (QED) is 0.816. The van der Waals surface area contributed by atoms with Gasteiger partial charge in [-0.05, 0) is 24.3 Å². The SMILES string of the molecule is CC(C)c1noc([C@@H]2CCCC[C@@H]2c2ccccc2)n1. The van der Waals surface area contributed by atoms with Crippen molar-refractivity contribution in [2.24, 2.45) is 0 Å². The van der Waals surface area contributed by atoms with Crippen molar-refractivity contribution in [3.05, 3.63) is 47.6 Å². The van der Waals surface area contributed by atoms with Crippen LogP contribution in [0.1, 0.15) is 74.6 Å². The molecule has 0 unspecified atom stereocenters. The first-order valence-electron chi connectivity index (χ1n) is 7.64. The van der Waals surface area contributed by atoms with Gasteiger partial charge in [-0.2, -0.15) is 4.98 Å². The first kappa shape index (κ1) is 13.3. The number of hydrogen-bond acceptors (Lipinski definition) is 3. The zero-order valence-electron chi connectivity index (χ0n) is 12.2. The van der Waals surface area contributed by atoms with Crippen LogP contribution in [0.3, 0.4) is 0 Å². The van der Waals surface area contributed by atoms with Crippen LogP contribution in [0.15, 0.2) is 34.9 Å². The predicted molar refractivity (Wildman–Crippen MR) is 78.8 cm³/mol. The van der Waals surface area contributed by atoms with E-state index in [-0.39, 0.29) is 0 Å². The van der Waals surface area contributed by atoms with Crippen molar-refractivity contribution in [3.63, 3.8) is 0 Å². The Balaban J connectivity index is 1.88. The monoisotopic (exact) mass is 270 g/mol. The highest BCUT2D eigenvalue weighted by molar-refractivity contribution is 5.23. The van der Waals surface area contributed by atoms with Crippen molar-refractivity contribution in [2.75, 3.05) is 0 Å². The Morgan fingerprint density at radius 1 is 1.05 bits per heavy atom. The van der Waals surface area contributed by atoms with Crippen molar-refractivity contribution >= 4 is 0 Å². The highest BCUT2D eigenvalue weighted by Gasteiger charge is 2.32. The Morgan fingerprint density at radius 3 is 2.40 bits per heavy atom. The van der Waals surface area contributed by atoms with E-state index < -0.39 is 0 Å². The Labute approximate surface area is 120 Å². The maximum atomic E-state index is 5.56. The summed E-state index contributed by atoms with van der Waals surface area (Å²) in [5.41, 5.74) is 1.40. The molecule has 3 heteroatoms. The Morgan fingerprint density at radius 2 is 1.75 bits per heavy atom. The van der Waals surface area contributed by atoms with Gasteiger partial charge in [-0.1, -0.05) is 62.2 Å². The van der Waals surface area contributed by atoms with Crippen LogP contribution in [0.5, 0.6) is 0 Å². The minimum atomic E-state index is 0.325. The summed E-state index contributed by atoms with van der Waals surface area (Å²) in [6.07, 6.45) is 4.92. The molecule has 2 aromatic rings. The minimum absolute atomic E-state index is 0.325. The summed E-state index contributed by atoms with van der Waals surface area (Å²) in [5.74, 6) is 2.89. The third-order valence-electron chi connectivity index (χ3n) is 4.28. The Bertz CT molecular complexity index is 547. The van der Waals surface area contributed by atoms with E-state index in [0.717, 1.165) is 18.1 Å². The number of rotatable bonds is 3. The molecule has 1 aromatic heterocycles. The standard InChI is InChI=1S/C17H22N2O/c1-12(2)16-18-17(20-19-16)15-11-7-6-10-14(15)13-8-4-3-5-9-13/h3-5,8-9,12,14-15H,6-7,10-11H2,1-2H3/t14-,15-/m1/s1. The lowest BCUT2D eigenvalue weighted by Crippen LogP contribution is -2.16. The molecule has 106 valence electrons. The van der Waals surface area contributed by atoms with Gasteiger partial charge in [0, 0.05) is 11.8 Å². The summed E-state index contributed by atoms with van der Waals surface area (Å²) in [5, 5.41) is 4.13.